The highest BCUT2D eigenvalue weighted by Crippen LogP contribution is 1.88. The average Bonchev–Trinajstić information content (AvgIpc) is 1.68. The van der Waals surface area contributed by atoms with Crippen molar-refractivity contribution in [2.45, 2.75) is 6.42 Å². The van der Waals surface area contributed by atoms with Gasteiger partial charge >= 0.3 is 0 Å². The lowest BCUT2D eigenvalue weighted by Crippen LogP contribution is -2.07. The van der Waals surface area contributed by atoms with Crippen molar-refractivity contribution in [2.75, 3.05) is 13.1 Å². The van der Waals surface area contributed by atoms with E-state index in [1.54, 1.807) is 0 Å². The van der Waals surface area contributed by atoms with Crippen molar-refractivity contribution in [3.8, 4) is 0 Å². The van der Waals surface area contributed by atoms with Gasteiger partial charge in [-0.25, -0.2) is 0 Å². The Kier molecular flexibility index (Phi) is 3.65. The first-order valence-corrected chi connectivity index (χ1v) is 2.38. The van der Waals surface area contributed by atoms with Crippen molar-refractivity contribution >= 4 is 0 Å². The van der Waals surface area contributed by atoms with E-state index >= 15 is 0 Å². The van der Waals surface area contributed by atoms with Gasteiger partial charge in [-0.3, -0.25) is 0 Å². The third-order valence-corrected chi connectivity index (χ3v) is 0.787. The van der Waals surface area contributed by atoms with Crippen LogP contribution in [0.3, 0.4) is 0 Å². The quantitative estimate of drug-likeness (QED) is 0.484. The van der Waals surface area contributed by atoms with Gasteiger partial charge in [-0.15, -0.1) is 0 Å². The molecule has 0 aromatic carbocycles. The van der Waals surface area contributed by atoms with Crippen molar-refractivity contribution in [3.63, 3.8) is 0 Å². The van der Waals surface area contributed by atoms with Crippen LogP contribution in [0.5, 0.6) is 0 Å². The zero-order valence-electron chi connectivity index (χ0n) is 4.48. The van der Waals surface area contributed by atoms with Crippen LogP contribution in [0.2, 0.25) is 0 Å². The van der Waals surface area contributed by atoms with Gasteiger partial charge in [-0.2, -0.15) is 0 Å². The van der Waals surface area contributed by atoms with E-state index in [-0.39, 0.29) is 0 Å². The second-order valence-corrected chi connectivity index (χ2v) is 1.49. The molecule has 0 aliphatic rings. The number of rotatable bonds is 3. The molecule has 0 saturated carbocycles. The minimum Gasteiger partial charge on any atom is -0.330 e. The molecule has 0 aliphatic carbocycles. The maximum Gasteiger partial charge on any atom is 0.0134 e. The van der Waals surface area contributed by atoms with Gasteiger partial charge in [0.05, 0.1) is 0 Å². The third kappa shape index (κ3) is 3.49. The third-order valence-electron chi connectivity index (χ3n) is 0.787. The summed E-state index contributed by atoms with van der Waals surface area (Å²) in [6, 6.07) is 0. The predicted octanol–water partition coefficient (Wildman–Crippen LogP) is -0.150. The second kappa shape index (κ2) is 3.84. The SMILES string of the molecule is C=C(CN)CCN. The van der Waals surface area contributed by atoms with Crippen LogP contribution in [-0.4, -0.2) is 13.1 Å². The van der Waals surface area contributed by atoms with E-state index in [0.29, 0.717) is 13.1 Å². The number of nitrogens with two attached hydrogens (primary N) is 2. The van der Waals surface area contributed by atoms with Crippen molar-refractivity contribution in [1.29, 1.82) is 0 Å². The topological polar surface area (TPSA) is 52.0 Å². The van der Waals surface area contributed by atoms with Crippen molar-refractivity contribution in [2.24, 2.45) is 11.5 Å². The highest BCUT2D eigenvalue weighted by molar-refractivity contribution is 4.94. The molecule has 0 heterocycles. The molecule has 0 aromatic rings. The Morgan fingerprint density at radius 1 is 1.43 bits per heavy atom. The Morgan fingerprint density at radius 3 is 2.14 bits per heavy atom. The fourth-order valence-electron chi connectivity index (χ4n) is 0.306. The van der Waals surface area contributed by atoms with Crippen molar-refractivity contribution in [3.05, 3.63) is 12.2 Å². The highest BCUT2D eigenvalue weighted by atomic mass is 14.6. The van der Waals surface area contributed by atoms with Crippen molar-refractivity contribution in [1.82, 2.24) is 0 Å². The van der Waals surface area contributed by atoms with Crippen LogP contribution >= 0.6 is 0 Å². The minimum absolute atomic E-state index is 0.567. The van der Waals surface area contributed by atoms with Gasteiger partial charge in [-0.1, -0.05) is 12.2 Å². The molecular formula is C5H12N2. The fraction of sp³-hybridized carbons (Fsp3) is 0.600. The molecule has 0 aromatic heterocycles. The van der Waals surface area contributed by atoms with Crippen LogP contribution < -0.4 is 11.5 Å². The van der Waals surface area contributed by atoms with E-state index in [1.807, 2.05) is 0 Å². The molecule has 0 saturated heterocycles. The van der Waals surface area contributed by atoms with Gasteiger partial charge in [0, 0.05) is 6.54 Å². The first-order chi connectivity index (χ1) is 3.31. The molecule has 0 atom stereocenters. The van der Waals surface area contributed by atoms with Crippen LogP contribution in [0, 0.1) is 0 Å². The molecule has 0 radical (unpaired) electrons. The summed E-state index contributed by atoms with van der Waals surface area (Å²) >= 11 is 0. The zero-order valence-corrected chi connectivity index (χ0v) is 4.48. The molecule has 0 amide bonds. The molecule has 2 heteroatoms. The highest BCUT2D eigenvalue weighted by Gasteiger charge is 1.83. The molecule has 0 rings (SSSR count). The lowest BCUT2D eigenvalue weighted by molar-refractivity contribution is 0.917. The van der Waals surface area contributed by atoms with Crippen molar-refractivity contribution < 1.29 is 0 Å². The summed E-state index contributed by atoms with van der Waals surface area (Å²) in [5.41, 5.74) is 11.4. The first kappa shape index (κ1) is 6.66. The molecule has 4 N–H and O–H groups in total. The van der Waals surface area contributed by atoms with Crippen LogP contribution in [-0.2, 0) is 0 Å². The Balaban J connectivity index is 3.00. The first-order valence-electron chi connectivity index (χ1n) is 2.38. The van der Waals surface area contributed by atoms with Gasteiger partial charge in [0.1, 0.15) is 0 Å². The second-order valence-electron chi connectivity index (χ2n) is 1.49. The van der Waals surface area contributed by atoms with E-state index in [4.69, 9.17) is 11.5 Å². The van der Waals surface area contributed by atoms with Crippen LogP contribution in [0.4, 0.5) is 0 Å². The van der Waals surface area contributed by atoms with Gasteiger partial charge in [0.15, 0.2) is 0 Å². The summed E-state index contributed by atoms with van der Waals surface area (Å²) < 4.78 is 0. The standard InChI is InChI=1S/C5H12N2/c1-5(4-7)2-3-6/h1-4,6-7H2. The lowest BCUT2D eigenvalue weighted by Gasteiger charge is -1.94. The number of hydrogen-bond donors (Lipinski definition) is 2. The lowest BCUT2D eigenvalue weighted by atomic mass is 10.2. The minimum atomic E-state index is 0.567. The van der Waals surface area contributed by atoms with Gasteiger partial charge in [0.25, 0.3) is 0 Å². The maximum absolute atomic E-state index is 5.20. The van der Waals surface area contributed by atoms with E-state index in [0.717, 1.165) is 12.0 Å². The summed E-state index contributed by atoms with van der Waals surface area (Å²) in [6.45, 7) is 4.89. The summed E-state index contributed by atoms with van der Waals surface area (Å²) in [7, 11) is 0. The van der Waals surface area contributed by atoms with E-state index < -0.39 is 0 Å². The molecular weight excluding hydrogens is 88.1 g/mol. The van der Waals surface area contributed by atoms with Crippen LogP contribution in [0.1, 0.15) is 6.42 Å². The normalized spacial score (nSPS) is 8.86. The summed E-state index contributed by atoms with van der Waals surface area (Å²) in [4.78, 5) is 0. The molecule has 0 aliphatic heterocycles. The molecule has 7 heavy (non-hydrogen) atoms. The molecule has 2 nitrogen and oxygen atoms in total. The zero-order chi connectivity index (χ0) is 5.70. The monoisotopic (exact) mass is 100 g/mol. The van der Waals surface area contributed by atoms with E-state index in [1.165, 1.54) is 0 Å². The summed E-state index contributed by atoms with van der Waals surface area (Å²) in [5, 5.41) is 0. The smallest absolute Gasteiger partial charge is 0.0134 e. The number of hydrogen-bond acceptors (Lipinski definition) is 2. The molecule has 0 spiro atoms. The van der Waals surface area contributed by atoms with Crippen LogP contribution in [0.25, 0.3) is 0 Å². The average molecular weight is 100 g/mol. The Labute approximate surface area is 44.2 Å². The van der Waals surface area contributed by atoms with E-state index in [9.17, 15) is 0 Å². The predicted molar refractivity (Wildman–Crippen MR) is 31.9 cm³/mol. The largest absolute Gasteiger partial charge is 0.330 e. The Hall–Kier alpha value is -0.340. The molecule has 0 fully saturated rings. The van der Waals surface area contributed by atoms with E-state index in [2.05, 4.69) is 6.58 Å². The summed E-state index contributed by atoms with van der Waals surface area (Å²) in [5.74, 6) is 0. The summed E-state index contributed by atoms with van der Waals surface area (Å²) in [6.07, 6.45) is 0.858. The van der Waals surface area contributed by atoms with Gasteiger partial charge in [0.2, 0.25) is 0 Å². The molecule has 0 bridgehead atoms. The van der Waals surface area contributed by atoms with Gasteiger partial charge in [-0.05, 0) is 13.0 Å². The Bertz CT molecular complexity index is 59.1. The molecule has 42 valence electrons. The maximum atomic E-state index is 5.20. The van der Waals surface area contributed by atoms with Crippen LogP contribution in [0.15, 0.2) is 12.2 Å². The van der Waals surface area contributed by atoms with Gasteiger partial charge < -0.3 is 11.5 Å². The Morgan fingerprint density at radius 2 is 2.00 bits per heavy atom. The molecule has 0 unspecified atom stereocenters. The fourth-order valence-corrected chi connectivity index (χ4v) is 0.306.